The zero-order chi connectivity index (χ0) is 8.43. The van der Waals surface area contributed by atoms with Crippen molar-refractivity contribution < 1.29 is 13.6 Å². The number of carbonyl (C=O) groups excluding carboxylic acids is 1. The molecule has 4 heteroatoms. The third-order valence-electron chi connectivity index (χ3n) is 1.15. The molecule has 0 aromatic heterocycles. The highest BCUT2D eigenvalue weighted by Gasteiger charge is 2.06. The Labute approximate surface area is 75.6 Å². The first-order valence-electron chi connectivity index (χ1n) is 2.75. The summed E-state index contributed by atoms with van der Waals surface area (Å²) in [4.78, 5) is 10.2. The van der Waals surface area contributed by atoms with Gasteiger partial charge in [0.15, 0.2) is 6.29 Å². The van der Waals surface area contributed by atoms with Crippen molar-refractivity contribution in [2.45, 2.75) is 0 Å². The van der Waals surface area contributed by atoms with Gasteiger partial charge in [-0.1, -0.05) is 0 Å². The van der Waals surface area contributed by atoms with Gasteiger partial charge in [-0.3, -0.25) is 4.79 Å². The topological polar surface area (TPSA) is 17.1 Å². The predicted molar refractivity (Wildman–Crippen MR) is 44.5 cm³/mol. The van der Waals surface area contributed by atoms with Gasteiger partial charge in [-0.15, -0.1) is 0 Å². The van der Waals surface area contributed by atoms with E-state index >= 15 is 0 Å². The van der Waals surface area contributed by atoms with Gasteiger partial charge in [0.25, 0.3) is 0 Å². The van der Waals surface area contributed by atoms with Crippen LogP contribution in [-0.4, -0.2) is 6.29 Å². The minimum atomic E-state index is -0.731. The molecule has 0 saturated heterocycles. The van der Waals surface area contributed by atoms with Crippen LogP contribution < -0.4 is 0 Å². The maximum absolute atomic E-state index is 12.6. The van der Waals surface area contributed by atoms with E-state index < -0.39 is 11.6 Å². The van der Waals surface area contributed by atoms with Crippen LogP contribution in [0.15, 0.2) is 12.1 Å². The number of hydrogen-bond donors (Lipinski definition) is 0. The van der Waals surface area contributed by atoms with E-state index in [1.807, 2.05) is 0 Å². The number of rotatable bonds is 1. The minimum Gasteiger partial charge on any atom is -0.298 e. The lowest BCUT2D eigenvalue weighted by Crippen LogP contribution is -1.92. The Morgan fingerprint density at radius 1 is 1.36 bits per heavy atom. The van der Waals surface area contributed by atoms with E-state index in [0.717, 1.165) is 12.1 Å². The molecule has 1 nitrogen and oxygen atoms in total. The van der Waals surface area contributed by atoms with Gasteiger partial charge in [0.1, 0.15) is 11.6 Å². The largest absolute Gasteiger partial charge is 0.298 e. The number of hydrogen-bond acceptors (Lipinski definition) is 1. The van der Waals surface area contributed by atoms with Gasteiger partial charge in [-0.05, 0) is 28.7 Å². The van der Waals surface area contributed by atoms with Crippen LogP contribution in [0.1, 0.15) is 10.4 Å². The van der Waals surface area contributed by atoms with Gasteiger partial charge < -0.3 is 0 Å². The molecule has 0 bridgehead atoms. The second-order valence-corrected chi connectivity index (χ2v) is 2.99. The molecule has 0 atom stereocenters. The van der Waals surface area contributed by atoms with Crippen LogP contribution in [0.3, 0.4) is 0 Å². The van der Waals surface area contributed by atoms with Gasteiger partial charge >= 0.3 is 0 Å². The molecule has 0 spiro atoms. The lowest BCUT2D eigenvalue weighted by Gasteiger charge is -1.97. The van der Waals surface area contributed by atoms with E-state index in [-0.39, 0.29) is 9.13 Å². The lowest BCUT2D eigenvalue weighted by atomic mass is 10.2. The van der Waals surface area contributed by atoms with E-state index in [1.54, 1.807) is 22.6 Å². The van der Waals surface area contributed by atoms with Crippen molar-refractivity contribution in [2.24, 2.45) is 0 Å². The molecule has 0 saturated carbocycles. The van der Waals surface area contributed by atoms with Crippen LogP contribution in [0, 0.1) is 15.2 Å². The highest BCUT2D eigenvalue weighted by molar-refractivity contribution is 14.1. The van der Waals surface area contributed by atoms with Crippen molar-refractivity contribution in [1.82, 2.24) is 0 Å². The summed E-state index contributed by atoms with van der Waals surface area (Å²) >= 11 is 1.65. The first-order valence-corrected chi connectivity index (χ1v) is 3.82. The second-order valence-electron chi connectivity index (χ2n) is 1.91. The zero-order valence-electron chi connectivity index (χ0n) is 5.27. The molecule has 0 heterocycles. The third kappa shape index (κ3) is 1.74. The summed E-state index contributed by atoms with van der Waals surface area (Å²) in [6.45, 7) is 0. The molecule has 58 valence electrons. The Morgan fingerprint density at radius 3 is 2.55 bits per heavy atom. The third-order valence-corrected chi connectivity index (χ3v) is 2.29. The summed E-state index contributed by atoms with van der Waals surface area (Å²) < 4.78 is 25.2. The summed E-state index contributed by atoms with van der Waals surface area (Å²) in [5.41, 5.74) is 0.0445. The van der Waals surface area contributed by atoms with Crippen molar-refractivity contribution in [3.8, 4) is 0 Å². The fraction of sp³-hybridized carbons (Fsp3) is 0. The van der Waals surface area contributed by atoms with Crippen LogP contribution in [-0.2, 0) is 0 Å². The summed E-state index contributed by atoms with van der Waals surface area (Å²) in [5.74, 6) is -1.43. The van der Waals surface area contributed by atoms with E-state index in [2.05, 4.69) is 0 Å². The Morgan fingerprint density at radius 2 is 2.00 bits per heavy atom. The Bertz CT molecular complexity index is 299. The molecule has 0 N–H and O–H groups in total. The Kier molecular flexibility index (Phi) is 2.53. The first-order chi connectivity index (χ1) is 5.15. The van der Waals surface area contributed by atoms with Crippen molar-refractivity contribution in [1.29, 1.82) is 0 Å². The Hall–Kier alpha value is -0.520. The molecule has 0 aliphatic rings. The van der Waals surface area contributed by atoms with Gasteiger partial charge in [0.05, 0.1) is 3.57 Å². The quantitative estimate of drug-likeness (QED) is 0.434. The summed E-state index contributed by atoms with van der Waals surface area (Å²) in [6.07, 6.45) is 0.425. The molecule has 1 rings (SSSR count). The standard InChI is InChI=1S/C7H3F2IO/c8-5-1-4(3-11)7(10)6(9)2-5/h1-3H. The molecule has 1 aromatic carbocycles. The van der Waals surface area contributed by atoms with Crippen LogP contribution in [0.5, 0.6) is 0 Å². The summed E-state index contributed by atoms with van der Waals surface area (Å²) in [7, 11) is 0. The van der Waals surface area contributed by atoms with E-state index in [0.29, 0.717) is 6.29 Å². The molecular weight excluding hydrogens is 265 g/mol. The molecule has 0 unspecified atom stereocenters. The molecule has 1 aromatic rings. The predicted octanol–water partition coefficient (Wildman–Crippen LogP) is 2.38. The highest BCUT2D eigenvalue weighted by Crippen LogP contribution is 2.16. The molecule has 0 aliphatic heterocycles. The second kappa shape index (κ2) is 3.25. The SMILES string of the molecule is O=Cc1cc(F)cc(F)c1I. The number of carbonyl (C=O) groups is 1. The Balaban J connectivity index is 3.35. The average molecular weight is 268 g/mol. The van der Waals surface area contributed by atoms with Crippen LogP contribution >= 0.6 is 22.6 Å². The minimum absolute atomic E-state index is 0.0445. The highest BCUT2D eigenvalue weighted by atomic mass is 127. The maximum Gasteiger partial charge on any atom is 0.151 e. The molecule has 0 amide bonds. The summed E-state index contributed by atoms with van der Waals surface area (Å²) in [6, 6.07) is 1.74. The lowest BCUT2D eigenvalue weighted by molar-refractivity contribution is 0.112. The molecular formula is C7H3F2IO. The van der Waals surface area contributed by atoms with Crippen LogP contribution in [0.25, 0.3) is 0 Å². The maximum atomic E-state index is 12.6. The molecule has 0 radical (unpaired) electrons. The van der Waals surface area contributed by atoms with Crippen molar-refractivity contribution >= 4 is 28.9 Å². The molecule has 0 fully saturated rings. The van der Waals surface area contributed by atoms with E-state index in [1.165, 1.54) is 0 Å². The monoisotopic (exact) mass is 268 g/mol. The fourth-order valence-electron chi connectivity index (χ4n) is 0.662. The van der Waals surface area contributed by atoms with Gasteiger partial charge in [-0.2, -0.15) is 0 Å². The fourth-order valence-corrected chi connectivity index (χ4v) is 1.10. The van der Waals surface area contributed by atoms with Crippen LogP contribution in [0.2, 0.25) is 0 Å². The average Bonchev–Trinajstić information content (AvgIpc) is 1.96. The van der Waals surface area contributed by atoms with Crippen molar-refractivity contribution in [2.75, 3.05) is 0 Å². The van der Waals surface area contributed by atoms with Gasteiger partial charge in [0, 0.05) is 11.6 Å². The zero-order valence-corrected chi connectivity index (χ0v) is 7.43. The summed E-state index contributed by atoms with van der Waals surface area (Å²) in [5, 5.41) is 0. The van der Waals surface area contributed by atoms with Crippen molar-refractivity contribution in [3.63, 3.8) is 0 Å². The number of benzene rings is 1. The van der Waals surface area contributed by atoms with Gasteiger partial charge in [-0.25, -0.2) is 8.78 Å². The normalized spacial score (nSPS) is 9.73. The van der Waals surface area contributed by atoms with Crippen LogP contribution in [0.4, 0.5) is 8.78 Å². The van der Waals surface area contributed by atoms with Crippen molar-refractivity contribution in [3.05, 3.63) is 32.9 Å². The number of halogens is 3. The van der Waals surface area contributed by atoms with Gasteiger partial charge in [0.2, 0.25) is 0 Å². The van der Waals surface area contributed by atoms with E-state index in [9.17, 15) is 13.6 Å². The van der Waals surface area contributed by atoms with E-state index in [4.69, 9.17) is 0 Å². The molecule has 11 heavy (non-hydrogen) atoms. The first kappa shape index (κ1) is 8.58. The molecule has 0 aliphatic carbocycles. The number of aldehydes is 1. The smallest absolute Gasteiger partial charge is 0.151 e.